The fraction of sp³-hybridized carbons (Fsp3) is 0.318. The van der Waals surface area contributed by atoms with Gasteiger partial charge in [0.1, 0.15) is 10.7 Å². The Bertz CT molecular complexity index is 1040. The second-order valence-corrected chi connectivity index (χ2v) is 8.58. The number of halogens is 4. The van der Waals surface area contributed by atoms with Gasteiger partial charge in [0.05, 0.1) is 0 Å². The van der Waals surface area contributed by atoms with Gasteiger partial charge in [-0.2, -0.15) is 13.2 Å². The number of thiophene rings is 1. The maximum Gasteiger partial charge on any atom is 0.425 e. The van der Waals surface area contributed by atoms with Crippen molar-refractivity contribution < 1.29 is 22.4 Å². The number of hydrogen-bond donors (Lipinski definition) is 2. The average molecular weight is 436 g/mol. The summed E-state index contributed by atoms with van der Waals surface area (Å²) in [6.45, 7) is 0. The van der Waals surface area contributed by atoms with Crippen molar-refractivity contribution in [1.82, 2.24) is 5.32 Å². The predicted octanol–water partition coefficient (Wildman–Crippen LogP) is 6.21. The van der Waals surface area contributed by atoms with Crippen LogP contribution in [0.5, 0.6) is 0 Å². The van der Waals surface area contributed by atoms with Crippen molar-refractivity contribution in [2.75, 3.05) is 5.32 Å². The minimum Gasteiger partial charge on any atom is -0.382 e. The second kappa shape index (κ2) is 8.26. The van der Waals surface area contributed by atoms with Crippen molar-refractivity contribution in [2.45, 2.75) is 43.9 Å². The number of benzene rings is 2. The Kier molecular flexibility index (Phi) is 5.69. The standard InChI is InChI=1S/C22H20F4N2OS/c23-14-6-4-13(5-7-14)21(29)28-16-10-8-15(9-11-16)27-18-2-1-3-19-17(18)12-20(30-19)22(24,25)26/h1-7,12,15-16,27H,8-11H2,(H,28,29)/t15-,16+. The molecule has 2 aromatic carbocycles. The number of amides is 1. The summed E-state index contributed by atoms with van der Waals surface area (Å²) in [5.41, 5.74) is 1.12. The zero-order chi connectivity index (χ0) is 21.3. The number of fused-ring (bicyclic) bond motifs is 1. The molecule has 4 rings (SSSR count). The van der Waals surface area contributed by atoms with Crippen LogP contribution in [-0.4, -0.2) is 18.0 Å². The number of rotatable bonds is 4. The molecule has 3 aromatic rings. The smallest absolute Gasteiger partial charge is 0.382 e. The van der Waals surface area contributed by atoms with E-state index in [1.807, 2.05) is 0 Å². The first-order chi connectivity index (χ1) is 14.3. The van der Waals surface area contributed by atoms with Crippen molar-refractivity contribution in [2.24, 2.45) is 0 Å². The molecule has 0 aliphatic heterocycles. The fourth-order valence-corrected chi connectivity index (χ4v) is 4.75. The second-order valence-electron chi connectivity index (χ2n) is 7.50. The summed E-state index contributed by atoms with van der Waals surface area (Å²) in [7, 11) is 0. The number of carbonyl (C=O) groups is 1. The Balaban J connectivity index is 1.36. The van der Waals surface area contributed by atoms with Gasteiger partial charge in [0.25, 0.3) is 5.91 Å². The molecule has 0 atom stereocenters. The van der Waals surface area contributed by atoms with Crippen LogP contribution < -0.4 is 10.6 Å². The molecular formula is C22H20F4N2OS. The number of anilines is 1. The van der Waals surface area contributed by atoms with E-state index < -0.39 is 11.1 Å². The average Bonchev–Trinajstić information content (AvgIpc) is 3.16. The lowest BCUT2D eigenvalue weighted by atomic mass is 9.90. The first-order valence-electron chi connectivity index (χ1n) is 9.72. The van der Waals surface area contributed by atoms with Crippen LogP contribution in [-0.2, 0) is 6.18 Å². The first kappa shape index (κ1) is 20.7. The number of nitrogens with one attached hydrogen (secondary N) is 2. The van der Waals surface area contributed by atoms with E-state index in [2.05, 4.69) is 10.6 Å². The number of hydrogen-bond acceptors (Lipinski definition) is 3. The normalized spacial score (nSPS) is 19.6. The predicted molar refractivity (Wildman–Crippen MR) is 110 cm³/mol. The molecule has 1 amide bonds. The van der Waals surface area contributed by atoms with E-state index in [1.165, 1.54) is 30.3 Å². The summed E-state index contributed by atoms with van der Waals surface area (Å²) in [5.74, 6) is -0.616. The maximum absolute atomic E-state index is 13.0. The highest BCUT2D eigenvalue weighted by molar-refractivity contribution is 7.19. The van der Waals surface area contributed by atoms with Crippen LogP contribution >= 0.6 is 11.3 Å². The zero-order valence-electron chi connectivity index (χ0n) is 15.9. The van der Waals surface area contributed by atoms with Gasteiger partial charge >= 0.3 is 6.18 Å². The van der Waals surface area contributed by atoms with E-state index in [4.69, 9.17) is 0 Å². The minimum absolute atomic E-state index is 0.0226. The zero-order valence-corrected chi connectivity index (χ0v) is 16.7. The third kappa shape index (κ3) is 4.59. The van der Waals surface area contributed by atoms with E-state index >= 15 is 0 Å². The molecule has 30 heavy (non-hydrogen) atoms. The molecule has 0 saturated heterocycles. The SMILES string of the molecule is O=C(N[C@H]1CC[C@@H](Nc2cccc3sc(C(F)(F)F)cc23)CC1)c1ccc(F)cc1. The van der Waals surface area contributed by atoms with Crippen LogP contribution in [0.15, 0.2) is 48.5 Å². The van der Waals surface area contributed by atoms with E-state index in [9.17, 15) is 22.4 Å². The molecule has 2 N–H and O–H groups in total. The molecule has 8 heteroatoms. The van der Waals surface area contributed by atoms with Crippen molar-refractivity contribution >= 4 is 33.0 Å². The molecule has 158 valence electrons. The van der Waals surface area contributed by atoms with E-state index in [0.717, 1.165) is 37.0 Å². The number of carbonyl (C=O) groups excluding carboxylic acids is 1. The molecule has 0 unspecified atom stereocenters. The highest BCUT2D eigenvalue weighted by Crippen LogP contribution is 2.40. The van der Waals surface area contributed by atoms with Crippen LogP contribution in [0.2, 0.25) is 0 Å². The van der Waals surface area contributed by atoms with Gasteiger partial charge in [-0.25, -0.2) is 4.39 Å². The lowest BCUT2D eigenvalue weighted by molar-refractivity contribution is -0.134. The van der Waals surface area contributed by atoms with Crippen LogP contribution in [0.1, 0.15) is 40.9 Å². The van der Waals surface area contributed by atoms with E-state index in [0.29, 0.717) is 21.3 Å². The lowest BCUT2D eigenvalue weighted by Crippen LogP contribution is -2.40. The highest BCUT2D eigenvalue weighted by atomic mass is 32.1. The Hall–Kier alpha value is -2.61. The van der Waals surface area contributed by atoms with Gasteiger partial charge in [0.15, 0.2) is 0 Å². The molecule has 1 aliphatic carbocycles. The molecule has 1 heterocycles. The monoisotopic (exact) mass is 436 g/mol. The Labute approximate surface area is 175 Å². The molecular weight excluding hydrogens is 416 g/mol. The first-order valence-corrected chi connectivity index (χ1v) is 10.5. The Morgan fingerprint density at radius 2 is 1.63 bits per heavy atom. The highest BCUT2D eigenvalue weighted by Gasteiger charge is 2.33. The van der Waals surface area contributed by atoms with Crippen molar-refractivity contribution in [1.29, 1.82) is 0 Å². The number of alkyl halides is 3. The van der Waals surface area contributed by atoms with Crippen molar-refractivity contribution in [3.05, 3.63) is 64.8 Å². The van der Waals surface area contributed by atoms with E-state index in [-0.39, 0.29) is 23.8 Å². The minimum atomic E-state index is -4.35. The molecule has 0 radical (unpaired) electrons. The third-order valence-corrected chi connectivity index (χ3v) is 6.51. The van der Waals surface area contributed by atoms with Gasteiger partial charge in [0.2, 0.25) is 0 Å². The Morgan fingerprint density at radius 1 is 0.967 bits per heavy atom. The molecule has 1 fully saturated rings. The van der Waals surface area contributed by atoms with Gasteiger partial charge in [-0.1, -0.05) is 6.07 Å². The van der Waals surface area contributed by atoms with Crippen molar-refractivity contribution in [3.63, 3.8) is 0 Å². The van der Waals surface area contributed by atoms with Crippen LogP contribution in [0.4, 0.5) is 23.2 Å². The summed E-state index contributed by atoms with van der Waals surface area (Å²) < 4.78 is 52.7. The molecule has 0 spiro atoms. The molecule has 1 aromatic heterocycles. The van der Waals surface area contributed by atoms with Gasteiger partial charge in [0, 0.05) is 33.4 Å². The van der Waals surface area contributed by atoms with Gasteiger partial charge in [-0.3, -0.25) is 4.79 Å². The fourth-order valence-electron chi connectivity index (χ4n) is 3.80. The maximum atomic E-state index is 13.0. The summed E-state index contributed by atoms with van der Waals surface area (Å²) in [6, 6.07) is 12.0. The van der Waals surface area contributed by atoms with Crippen molar-refractivity contribution in [3.8, 4) is 0 Å². The Morgan fingerprint density at radius 3 is 2.30 bits per heavy atom. The van der Waals surface area contributed by atoms with E-state index in [1.54, 1.807) is 18.2 Å². The van der Waals surface area contributed by atoms with Gasteiger partial charge < -0.3 is 10.6 Å². The van der Waals surface area contributed by atoms with Crippen LogP contribution in [0, 0.1) is 5.82 Å². The summed E-state index contributed by atoms with van der Waals surface area (Å²) in [6.07, 6.45) is -1.24. The van der Waals surface area contributed by atoms with Gasteiger partial charge in [-0.15, -0.1) is 11.3 Å². The third-order valence-electron chi connectivity index (χ3n) is 5.37. The molecule has 3 nitrogen and oxygen atoms in total. The molecule has 1 aliphatic rings. The quantitative estimate of drug-likeness (QED) is 0.477. The summed E-state index contributed by atoms with van der Waals surface area (Å²) in [5, 5.41) is 6.95. The topological polar surface area (TPSA) is 41.1 Å². The molecule has 0 bridgehead atoms. The van der Waals surface area contributed by atoms with Crippen LogP contribution in [0.25, 0.3) is 10.1 Å². The van der Waals surface area contributed by atoms with Crippen LogP contribution in [0.3, 0.4) is 0 Å². The van der Waals surface area contributed by atoms with Gasteiger partial charge in [-0.05, 0) is 68.1 Å². The summed E-state index contributed by atoms with van der Waals surface area (Å²) >= 11 is 0.750. The largest absolute Gasteiger partial charge is 0.425 e. The summed E-state index contributed by atoms with van der Waals surface area (Å²) in [4.78, 5) is 11.7. The lowest BCUT2D eigenvalue weighted by Gasteiger charge is -2.30. The molecule has 1 saturated carbocycles.